The van der Waals surface area contributed by atoms with Crippen LogP contribution in [0.25, 0.3) is 0 Å². The number of carbonyl (C=O) groups excluding carboxylic acids is 2. The van der Waals surface area contributed by atoms with Crippen molar-refractivity contribution in [2.75, 3.05) is 58.4 Å². The van der Waals surface area contributed by atoms with Crippen molar-refractivity contribution in [2.24, 2.45) is 0 Å². The maximum absolute atomic E-state index is 14.3. The van der Waals surface area contributed by atoms with Gasteiger partial charge in [0.25, 0.3) is 5.91 Å². The molecule has 224 valence electrons. The summed E-state index contributed by atoms with van der Waals surface area (Å²) in [6.07, 6.45) is 0.422. The van der Waals surface area contributed by atoms with E-state index in [2.05, 4.69) is 31.0 Å². The molecule has 7 heteroatoms. The van der Waals surface area contributed by atoms with Gasteiger partial charge in [0.2, 0.25) is 5.91 Å². The van der Waals surface area contributed by atoms with Crippen LogP contribution in [0.15, 0.2) is 78.9 Å². The molecule has 1 atom stereocenters. The molecule has 0 radical (unpaired) electrons. The normalized spacial score (nSPS) is 14.7. The van der Waals surface area contributed by atoms with E-state index < -0.39 is 6.04 Å². The number of anilines is 1. The first-order valence-corrected chi connectivity index (χ1v) is 14.9. The Morgan fingerprint density at radius 2 is 1.52 bits per heavy atom. The summed E-state index contributed by atoms with van der Waals surface area (Å²) in [7, 11) is 4.01. The standard InChI is InChI=1S/C35H46N4O3/c1-35(2,3)30-15-13-29(14-16-30)34(41)39(26-28-11-17-31(18-12-28)37(4)5)32(25-27-9-7-6-8-10-27)33(40)36-19-20-38-21-23-42-24-22-38/h6-18,32H,19-26H2,1-5H3,(H,36,40). The first-order chi connectivity index (χ1) is 20.1. The highest BCUT2D eigenvalue weighted by Gasteiger charge is 2.31. The molecule has 1 saturated heterocycles. The molecule has 1 N–H and O–H groups in total. The number of nitrogens with zero attached hydrogens (tertiary/aromatic N) is 3. The van der Waals surface area contributed by atoms with Crippen molar-refractivity contribution in [2.45, 2.75) is 45.2 Å². The number of benzene rings is 3. The van der Waals surface area contributed by atoms with Crippen LogP contribution in [-0.2, 0) is 27.9 Å². The Hall–Kier alpha value is -3.68. The minimum Gasteiger partial charge on any atom is -0.379 e. The molecule has 1 unspecified atom stereocenters. The number of nitrogens with one attached hydrogen (secondary N) is 1. The fourth-order valence-corrected chi connectivity index (χ4v) is 5.16. The highest BCUT2D eigenvalue weighted by molar-refractivity contribution is 5.97. The SMILES string of the molecule is CN(C)c1ccc(CN(C(=O)c2ccc(C(C)(C)C)cc2)C(Cc2ccccc2)C(=O)NCCN2CCOCC2)cc1. The van der Waals surface area contributed by atoms with E-state index in [1.807, 2.05) is 97.9 Å². The minimum absolute atomic E-state index is 0.0222. The summed E-state index contributed by atoms with van der Waals surface area (Å²) in [6, 6.07) is 25.2. The predicted molar refractivity (Wildman–Crippen MR) is 170 cm³/mol. The van der Waals surface area contributed by atoms with Crippen molar-refractivity contribution in [1.82, 2.24) is 15.1 Å². The van der Waals surface area contributed by atoms with Crippen molar-refractivity contribution in [3.05, 3.63) is 101 Å². The fourth-order valence-electron chi connectivity index (χ4n) is 5.16. The quantitative estimate of drug-likeness (QED) is 0.361. The first kappa shape index (κ1) is 31.3. The monoisotopic (exact) mass is 570 g/mol. The van der Waals surface area contributed by atoms with Gasteiger partial charge in [0, 0.05) is 64.5 Å². The fraction of sp³-hybridized carbons (Fsp3) is 0.429. The molecule has 1 heterocycles. The molecule has 1 fully saturated rings. The summed E-state index contributed by atoms with van der Waals surface area (Å²) in [5, 5.41) is 3.15. The van der Waals surface area contributed by atoms with E-state index in [-0.39, 0.29) is 17.2 Å². The third-order valence-electron chi connectivity index (χ3n) is 7.85. The molecule has 2 amide bonds. The molecule has 0 aromatic heterocycles. The average Bonchev–Trinajstić information content (AvgIpc) is 2.99. The number of hydrogen-bond donors (Lipinski definition) is 1. The van der Waals surface area contributed by atoms with Crippen molar-refractivity contribution in [1.29, 1.82) is 0 Å². The third-order valence-corrected chi connectivity index (χ3v) is 7.85. The number of ether oxygens (including phenoxy) is 1. The van der Waals surface area contributed by atoms with Crippen molar-refractivity contribution in [3.8, 4) is 0 Å². The lowest BCUT2D eigenvalue weighted by Crippen LogP contribution is -2.51. The highest BCUT2D eigenvalue weighted by atomic mass is 16.5. The second-order valence-electron chi connectivity index (χ2n) is 12.3. The molecule has 0 aliphatic carbocycles. The van der Waals surface area contributed by atoms with E-state index >= 15 is 0 Å². The van der Waals surface area contributed by atoms with Gasteiger partial charge < -0.3 is 19.9 Å². The van der Waals surface area contributed by atoms with Gasteiger partial charge in [-0.3, -0.25) is 14.5 Å². The number of morpholine rings is 1. The van der Waals surface area contributed by atoms with E-state index in [0.29, 0.717) is 38.3 Å². The van der Waals surface area contributed by atoms with E-state index in [0.717, 1.165) is 42.0 Å². The largest absolute Gasteiger partial charge is 0.379 e. The molecular formula is C35H46N4O3. The summed E-state index contributed by atoms with van der Waals surface area (Å²) < 4.78 is 5.46. The Kier molecular flexibility index (Phi) is 10.8. The molecule has 1 aliphatic heterocycles. The van der Waals surface area contributed by atoms with Crippen LogP contribution >= 0.6 is 0 Å². The Morgan fingerprint density at radius 1 is 0.881 bits per heavy atom. The van der Waals surface area contributed by atoms with Gasteiger partial charge in [0.1, 0.15) is 6.04 Å². The van der Waals surface area contributed by atoms with Crippen LogP contribution in [0.1, 0.15) is 47.8 Å². The predicted octanol–water partition coefficient (Wildman–Crippen LogP) is 4.75. The van der Waals surface area contributed by atoms with Gasteiger partial charge in [-0.1, -0.05) is 75.4 Å². The van der Waals surface area contributed by atoms with E-state index in [4.69, 9.17) is 4.74 Å². The molecular weight excluding hydrogens is 524 g/mol. The maximum atomic E-state index is 14.3. The topological polar surface area (TPSA) is 65.1 Å². The zero-order valence-electron chi connectivity index (χ0n) is 25.8. The molecule has 42 heavy (non-hydrogen) atoms. The molecule has 1 aliphatic rings. The lowest BCUT2D eigenvalue weighted by atomic mass is 9.86. The van der Waals surface area contributed by atoms with Crippen LogP contribution < -0.4 is 10.2 Å². The maximum Gasteiger partial charge on any atom is 0.254 e. The summed E-state index contributed by atoms with van der Waals surface area (Å²) in [4.78, 5) is 34.3. The van der Waals surface area contributed by atoms with Gasteiger partial charge in [-0.15, -0.1) is 0 Å². The molecule has 4 rings (SSSR count). The van der Waals surface area contributed by atoms with Crippen LogP contribution in [0.4, 0.5) is 5.69 Å². The van der Waals surface area contributed by atoms with Gasteiger partial charge in [-0.05, 0) is 46.4 Å². The molecule has 3 aromatic carbocycles. The average molecular weight is 571 g/mol. The van der Waals surface area contributed by atoms with E-state index in [1.54, 1.807) is 4.90 Å². The van der Waals surface area contributed by atoms with Gasteiger partial charge in [0.15, 0.2) is 0 Å². The zero-order valence-corrected chi connectivity index (χ0v) is 25.8. The van der Waals surface area contributed by atoms with Crippen LogP contribution in [-0.4, -0.2) is 81.1 Å². The number of carbonyl (C=O) groups is 2. The number of amides is 2. The number of rotatable bonds is 11. The van der Waals surface area contributed by atoms with Gasteiger partial charge in [-0.25, -0.2) is 0 Å². The minimum atomic E-state index is -0.680. The van der Waals surface area contributed by atoms with E-state index in [9.17, 15) is 9.59 Å². The smallest absolute Gasteiger partial charge is 0.254 e. The van der Waals surface area contributed by atoms with Crippen LogP contribution in [0, 0.1) is 0 Å². The van der Waals surface area contributed by atoms with Crippen molar-refractivity contribution >= 4 is 17.5 Å². The summed E-state index contributed by atoms with van der Waals surface area (Å²) in [6.45, 7) is 11.2. The molecule has 0 saturated carbocycles. The van der Waals surface area contributed by atoms with Gasteiger partial charge >= 0.3 is 0 Å². The Morgan fingerprint density at radius 3 is 2.12 bits per heavy atom. The van der Waals surface area contributed by atoms with Crippen LogP contribution in [0.5, 0.6) is 0 Å². The van der Waals surface area contributed by atoms with Crippen LogP contribution in [0.3, 0.4) is 0 Å². The lowest BCUT2D eigenvalue weighted by Gasteiger charge is -2.32. The number of hydrogen-bond acceptors (Lipinski definition) is 5. The molecule has 0 spiro atoms. The molecule has 0 bridgehead atoms. The van der Waals surface area contributed by atoms with Crippen LogP contribution in [0.2, 0.25) is 0 Å². The Labute approximate surface area is 251 Å². The summed E-state index contributed by atoms with van der Waals surface area (Å²) in [5.74, 6) is -0.298. The Balaban J connectivity index is 1.64. The van der Waals surface area contributed by atoms with E-state index in [1.165, 1.54) is 0 Å². The van der Waals surface area contributed by atoms with Gasteiger partial charge in [0.05, 0.1) is 13.2 Å². The first-order valence-electron chi connectivity index (χ1n) is 14.9. The Bertz CT molecular complexity index is 1280. The van der Waals surface area contributed by atoms with Crippen molar-refractivity contribution in [3.63, 3.8) is 0 Å². The zero-order chi connectivity index (χ0) is 30.1. The summed E-state index contributed by atoms with van der Waals surface area (Å²) >= 11 is 0. The third kappa shape index (κ3) is 8.66. The summed E-state index contributed by atoms with van der Waals surface area (Å²) in [5.41, 5.74) is 4.77. The van der Waals surface area contributed by atoms with Gasteiger partial charge in [-0.2, -0.15) is 0 Å². The second-order valence-corrected chi connectivity index (χ2v) is 12.3. The molecule has 3 aromatic rings. The lowest BCUT2D eigenvalue weighted by molar-refractivity contribution is -0.126. The second kappa shape index (κ2) is 14.5. The van der Waals surface area contributed by atoms with Crippen molar-refractivity contribution < 1.29 is 14.3 Å². The molecule has 7 nitrogen and oxygen atoms in total. The highest BCUT2D eigenvalue weighted by Crippen LogP contribution is 2.24.